The number of halogens is 1. The van der Waals surface area contributed by atoms with E-state index in [1.807, 2.05) is 39.0 Å². The van der Waals surface area contributed by atoms with Gasteiger partial charge in [-0.3, -0.25) is 14.4 Å². The van der Waals surface area contributed by atoms with Crippen molar-refractivity contribution >= 4 is 41.0 Å². The Morgan fingerprint density at radius 3 is 2.62 bits per heavy atom. The molecule has 3 aliphatic rings. The van der Waals surface area contributed by atoms with E-state index in [0.29, 0.717) is 23.7 Å². The lowest BCUT2D eigenvalue weighted by Crippen LogP contribution is -2.53. The number of hydrogen-bond acceptors (Lipinski definition) is 10. The van der Waals surface area contributed by atoms with Crippen LogP contribution in [0.1, 0.15) is 64.5 Å². The molecule has 0 aliphatic carbocycles. The number of methoxy groups -OCH3 is 1. The molecule has 2 amide bonds. The van der Waals surface area contributed by atoms with E-state index in [1.54, 1.807) is 40.1 Å². The predicted octanol–water partition coefficient (Wildman–Crippen LogP) is 3.67. The first-order valence-corrected chi connectivity index (χ1v) is 17.5. The van der Waals surface area contributed by atoms with Gasteiger partial charge in [0.25, 0.3) is 0 Å². The highest BCUT2D eigenvalue weighted by atomic mass is 35.5. The maximum atomic E-state index is 14.0. The number of aryl methyl sites for hydroxylation is 1. The number of hydrogen-bond donors (Lipinski definition) is 2. The topological polar surface area (TPSA) is 147 Å². The number of rotatable bonds is 7. The molecule has 0 spiro atoms. The SMILES string of the molecule is CNCCC(=O)N(C)[C@@H](C)C(=O)O[C@H]1CC(=O)N(C)c2cc(cc(C)c2Cl)C/C(C)=C/C=C/[C@@H](OC)[C@]2(O)CC(=O)O[C@@H](C2)[C@@H](C)[C@@H]2O[C@@]12C. The number of epoxide rings is 1. The molecule has 0 saturated carbocycles. The Morgan fingerprint density at radius 1 is 1.26 bits per heavy atom. The van der Waals surface area contributed by atoms with Crippen molar-refractivity contribution < 1.29 is 43.2 Å². The summed E-state index contributed by atoms with van der Waals surface area (Å²) in [6.07, 6.45) is 2.52. The van der Waals surface area contributed by atoms with Gasteiger partial charge in [0.15, 0.2) is 0 Å². The Labute approximate surface area is 300 Å². The number of likely N-dealkylation sites (N-methyl/N-ethyl adjacent to an activating group) is 1. The molecule has 276 valence electrons. The molecule has 1 aromatic carbocycles. The van der Waals surface area contributed by atoms with E-state index >= 15 is 0 Å². The fourth-order valence-electron chi connectivity index (χ4n) is 6.92. The lowest BCUT2D eigenvalue weighted by molar-refractivity contribution is -0.187. The van der Waals surface area contributed by atoms with Gasteiger partial charge in [-0.25, -0.2) is 4.79 Å². The van der Waals surface area contributed by atoms with Crippen molar-refractivity contribution in [2.75, 3.05) is 39.7 Å². The number of amides is 2. The van der Waals surface area contributed by atoms with E-state index < -0.39 is 59.5 Å². The maximum Gasteiger partial charge on any atom is 0.328 e. The highest BCUT2D eigenvalue weighted by Crippen LogP contribution is 2.49. The van der Waals surface area contributed by atoms with Crippen molar-refractivity contribution in [1.29, 1.82) is 0 Å². The quantitative estimate of drug-likeness (QED) is 0.316. The minimum absolute atomic E-state index is 0.0771. The Kier molecular flexibility index (Phi) is 12.6. The lowest BCUT2D eigenvalue weighted by Gasteiger charge is -2.41. The molecule has 1 aromatic rings. The van der Waals surface area contributed by atoms with Crippen LogP contribution in [0.5, 0.6) is 0 Å². The molecule has 3 aliphatic heterocycles. The maximum absolute atomic E-state index is 14.0. The van der Waals surface area contributed by atoms with E-state index in [9.17, 15) is 24.3 Å². The van der Waals surface area contributed by atoms with Crippen LogP contribution in [-0.2, 0) is 44.5 Å². The minimum Gasteiger partial charge on any atom is -0.462 e. The first-order valence-electron chi connectivity index (χ1n) is 17.1. The van der Waals surface area contributed by atoms with Crippen molar-refractivity contribution in [2.45, 2.75) is 108 Å². The standard InChI is InChI=1S/C37H52ClN3O9/c1-21-11-10-12-28(47-9)37(46)19-27(48-32(44)20-37)23(3)34-36(5,50-34)29(49-35(45)24(4)40(7)30(42)13-14-39-6)18-31(43)41(8)26-17-25(15-21)16-22(2)33(26)38/h10-12,16-17,23-24,27-29,34,39,46H,13-15,18-20H2,1-9H3/b12-10+,21-11+/t23-,24+,27+,28-,29+,34+,36+,37-/m1/s1. The molecule has 0 aromatic heterocycles. The highest BCUT2D eigenvalue weighted by Gasteiger charge is 2.64. The summed E-state index contributed by atoms with van der Waals surface area (Å²) in [4.78, 5) is 56.0. The molecule has 2 N–H and O–H groups in total. The zero-order chi connectivity index (χ0) is 37.1. The number of anilines is 1. The smallest absolute Gasteiger partial charge is 0.328 e. The lowest BCUT2D eigenvalue weighted by atomic mass is 9.78. The van der Waals surface area contributed by atoms with Crippen LogP contribution in [-0.4, -0.2) is 110 Å². The van der Waals surface area contributed by atoms with Crippen molar-refractivity contribution in [3.63, 3.8) is 0 Å². The van der Waals surface area contributed by atoms with E-state index in [-0.39, 0.29) is 37.5 Å². The number of carbonyl (C=O) groups is 4. The third kappa shape index (κ3) is 8.59. The van der Waals surface area contributed by atoms with Crippen LogP contribution in [0.15, 0.2) is 35.9 Å². The number of allylic oxidation sites excluding steroid dienone is 3. The fraction of sp³-hybridized carbons (Fsp3) is 0.622. The number of benzene rings is 1. The summed E-state index contributed by atoms with van der Waals surface area (Å²) >= 11 is 6.76. The molecule has 0 radical (unpaired) electrons. The fourth-order valence-corrected chi connectivity index (χ4v) is 7.15. The molecule has 50 heavy (non-hydrogen) atoms. The minimum atomic E-state index is -1.55. The van der Waals surface area contributed by atoms with Crippen LogP contribution in [0.25, 0.3) is 0 Å². The summed E-state index contributed by atoms with van der Waals surface area (Å²) < 4.78 is 23.8. The van der Waals surface area contributed by atoms with Crippen molar-refractivity contribution in [3.05, 3.63) is 52.1 Å². The molecule has 0 unspecified atom stereocenters. The van der Waals surface area contributed by atoms with E-state index in [2.05, 4.69) is 5.32 Å². The van der Waals surface area contributed by atoms with Gasteiger partial charge in [-0.05, 0) is 58.4 Å². The van der Waals surface area contributed by atoms with Gasteiger partial charge in [-0.15, -0.1) is 0 Å². The number of nitrogens with one attached hydrogen (secondary N) is 1. The summed E-state index contributed by atoms with van der Waals surface area (Å²) in [5.41, 5.74) is 0.514. The predicted molar refractivity (Wildman–Crippen MR) is 189 cm³/mol. The van der Waals surface area contributed by atoms with Gasteiger partial charge in [0.05, 0.1) is 29.7 Å². The van der Waals surface area contributed by atoms with Gasteiger partial charge >= 0.3 is 11.9 Å². The Morgan fingerprint density at radius 2 is 1.96 bits per heavy atom. The molecule has 12 nitrogen and oxygen atoms in total. The number of carbonyl (C=O) groups excluding carboxylic acids is 4. The summed E-state index contributed by atoms with van der Waals surface area (Å²) in [7, 11) is 6.37. The third-order valence-electron chi connectivity index (χ3n) is 10.4. The number of esters is 2. The van der Waals surface area contributed by atoms with Crippen molar-refractivity contribution in [3.8, 4) is 0 Å². The molecule has 2 fully saturated rings. The largest absolute Gasteiger partial charge is 0.462 e. The zero-order valence-corrected chi connectivity index (χ0v) is 31.3. The first-order chi connectivity index (χ1) is 23.4. The van der Waals surface area contributed by atoms with Gasteiger partial charge in [0.1, 0.15) is 35.6 Å². The summed E-state index contributed by atoms with van der Waals surface area (Å²) in [5.74, 6) is -2.35. The van der Waals surface area contributed by atoms with Crippen LogP contribution < -0.4 is 10.2 Å². The second-order valence-electron chi connectivity index (χ2n) is 14.2. The van der Waals surface area contributed by atoms with Crippen LogP contribution in [0, 0.1) is 12.8 Å². The van der Waals surface area contributed by atoms with Crippen LogP contribution in [0.4, 0.5) is 5.69 Å². The van der Waals surface area contributed by atoms with E-state index in [1.165, 1.54) is 24.0 Å². The average molecular weight is 718 g/mol. The number of nitrogens with zero attached hydrogens (tertiary/aromatic N) is 2. The second-order valence-corrected chi connectivity index (χ2v) is 14.6. The Bertz CT molecular complexity index is 1530. The highest BCUT2D eigenvalue weighted by molar-refractivity contribution is 6.34. The van der Waals surface area contributed by atoms with Crippen LogP contribution in [0.2, 0.25) is 5.02 Å². The van der Waals surface area contributed by atoms with E-state index in [0.717, 1.165) is 16.7 Å². The van der Waals surface area contributed by atoms with Crippen molar-refractivity contribution in [1.82, 2.24) is 10.2 Å². The van der Waals surface area contributed by atoms with Gasteiger partial charge in [0, 0.05) is 46.5 Å². The van der Waals surface area contributed by atoms with Crippen LogP contribution >= 0.6 is 11.6 Å². The third-order valence-corrected chi connectivity index (χ3v) is 10.9. The number of aliphatic hydroxyl groups is 1. The molecule has 3 heterocycles. The molecule has 2 saturated heterocycles. The van der Waals surface area contributed by atoms with Gasteiger partial charge < -0.3 is 39.2 Å². The summed E-state index contributed by atoms with van der Waals surface area (Å²) in [5, 5.41) is 15.1. The molecule has 4 rings (SSSR count). The zero-order valence-electron chi connectivity index (χ0n) is 30.6. The number of ether oxygens (including phenoxy) is 4. The molecular weight excluding hydrogens is 666 g/mol. The summed E-state index contributed by atoms with van der Waals surface area (Å²) in [6.45, 7) is 9.44. The molecule has 8 atom stereocenters. The Hall–Kier alpha value is -3.29. The average Bonchev–Trinajstić information content (AvgIpc) is 3.76. The first kappa shape index (κ1) is 39.5. The second kappa shape index (κ2) is 15.9. The molecule has 13 heteroatoms. The normalized spacial score (nSPS) is 32.6. The summed E-state index contributed by atoms with van der Waals surface area (Å²) in [6, 6.07) is 2.89. The Balaban J connectivity index is 1.74. The molecule has 4 bridgehead atoms. The number of fused-ring (bicyclic) bond motifs is 5. The van der Waals surface area contributed by atoms with E-state index in [4.69, 9.17) is 30.5 Å². The van der Waals surface area contributed by atoms with Crippen molar-refractivity contribution in [2.24, 2.45) is 5.92 Å². The van der Waals surface area contributed by atoms with Crippen LogP contribution in [0.3, 0.4) is 0 Å². The monoisotopic (exact) mass is 717 g/mol. The van der Waals surface area contributed by atoms with Gasteiger partial charge in [-0.2, -0.15) is 0 Å². The van der Waals surface area contributed by atoms with Gasteiger partial charge in [0.2, 0.25) is 11.8 Å². The van der Waals surface area contributed by atoms with Gasteiger partial charge in [-0.1, -0.05) is 48.4 Å². The molecular formula is C37H52ClN3O9.